The predicted molar refractivity (Wildman–Crippen MR) is 99.9 cm³/mol. The zero-order valence-electron chi connectivity index (χ0n) is 14.9. The van der Waals surface area contributed by atoms with Crippen LogP contribution in [0.4, 0.5) is 4.39 Å². The lowest BCUT2D eigenvalue weighted by molar-refractivity contribution is 0.451. The van der Waals surface area contributed by atoms with Crippen LogP contribution in [0.5, 0.6) is 0 Å². The van der Waals surface area contributed by atoms with E-state index in [1.165, 1.54) is 6.07 Å². The zero-order chi connectivity index (χ0) is 18.4. The molecule has 1 aliphatic heterocycles. The van der Waals surface area contributed by atoms with Gasteiger partial charge in [0.2, 0.25) is 0 Å². The summed E-state index contributed by atoms with van der Waals surface area (Å²) >= 11 is 0. The first-order chi connectivity index (χ1) is 13.2. The molecule has 1 N–H and O–H groups in total. The van der Waals surface area contributed by atoms with E-state index in [0.29, 0.717) is 33.7 Å². The van der Waals surface area contributed by atoms with Gasteiger partial charge in [-0.15, -0.1) is 0 Å². The van der Waals surface area contributed by atoms with Gasteiger partial charge in [0.05, 0.1) is 28.8 Å². The SMILES string of the molecule is Cc1cn2nc(-c3cc(F)c4cc(C5CCNCC5)nnc4c3)c[c]c2n1. The Hall–Kier alpha value is -2.93. The van der Waals surface area contributed by atoms with E-state index in [1.54, 1.807) is 10.6 Å². The van der Waals surface area contributed by atoms with E-state index in [-0.39, 0.29) is 5.82 Å². The quantitative estimate of drug-likeness (QED) is 0.594. The molecule has 0 bridgehead atoms. The molecule has 1 fully saturated rings. The number of piperidine rings is 1. The van der Waals surface area contributed by atoms with E-state index >= 15 is 0 Å². The Kier molecular flexibility index (Phi) is 3.82. The molecule has 135 valence electrons. The Morgan fingerprint density at radius 3 is 2.89 bits per heavy atom. The Morgan fingerprint density at radius 1 is 1.19 bits per heavy atom. The van der Waals surface area contributed by atoms with Gasteiger partial charge >= 0.3 is 0 Å². The van der Waals surface area contributed by atoms with Gasteiger partial charge in [-0.2, -0.15) is 15.3 Å². The smallest absolute Gasteiger partial charge is 0.161 e. The van der Waals surface area contributed by atoms with Crippen LogP contribution in [-0.2, 0) is 0 Å². The van der Waals surface area contributed by atoms with E-state index < -0.39 is 0 Å². The summed E-state index contributed by atoms with van der Waals surface area (Å²) in [6.07, 6.45) is 3.83. The third-order valence-corrected chi connectivity index (χ3v) is 5.09. The number of aromatic nitrogens is 5. The second-order valence-electron chi connectivity index (χ2n) is 7.01. The number of rotatable bonds is 2. The Morgan fingerprint density at radius 2 is 2.04 bits per heavy atom. The van der Waals surface area contributed by atoms with Crippen molar-refractivity contribution < 1.29 is 4.39 Å². The number of aryl methyl sites for hydroxylation is 1. The highest BCUT2D eigenvalue weighted by molar-refractivity contribution is 5.84. The number of nitrogens with one attached hydrogen (secondary N) is 1. The van der Waals surface area contributed by atoms with Crippen molar-refractivity contribution >= 4 is 16.6 Å². The minimum absolute atomic E-state index is 0.309. The van der Waals surface area contributed by atoms with Crippen molar-refractivity contribution in [1.29, 1.82) is 0 Å². The summed E-state index contributed by atoms with van der Waals surface area (Å²) in [5, 5.41) is 17.0. The molecule has 5 rings (SSSR count). The van der Waals surface area contributed by atoms with E-state index in [0.717, 1.165) is 37.3 Å². The summed E-state index contributed by atoms with van der Waals surface area (Å²) in [4.78, 5) is 4.31. The van der Waals surface area contributed by atoms with Crippen LogP contribution in [0.3, 0.4) is 0 Å². The lowest BCUT2D eigenvalue weighted by atomic mass is 9.93. The zero-order valence-corrected chi connectivity index (χ0v) is 14.9. The molecule has 0 saturated carbocycles. The Bertz CT molecular complexity index is 1150. The van der Waals surface area contributed by atoms with Crippen LogP contribution in [0.25, 0.3) is 27.8 Å². The number of benzene rings is 1. The fourth-order valence-corrected chi connectivity index (χ4v) is 3.66. The summed E-state index contributed by atoms with van der Waals surface area (Å²) < 4.78 is 16.5. The fraction of sp³-hybridized carbons (Fsp3) is 0.300. The van der Waals surface area contributed by atoms with E-state index in [2.05, 4.69) is 31.7 Å². The molecule has 0 spiro atoms. The topological polar surface area (TPSA) is 68.0 Å². The molecule has 3 aromatic heterocycles. The minimum atomic E-state index is -0.309. The molecule has 0 atom stereocenters. The van der Waals surface area contributed by atoms with Crippen molar-refractivity contribution in [3.8, 4) is 11.3 Å². The highest BCUT2D eigenvalue weighted by Crippen LogP contribution is 2.29. The first kappa shape index (κ1) is 16.3. The largest absolute Gasteiger partial charge is 0.317 e. The summed E-state index contributed by atoms with van der Waals surface area (Å²) in [6.45, 7) is 3.82. The van der Waals surface area contributed by atoms with Gasteiger partial charge in [0.25, 0.3) is 0 Å². The molecule has 1 aromatic carbocycles. The van der Waals surface area contributed by atoms with Gasteiger partial charge in [0.1, 0.15) is 5.82 Å². The molecule has 0 amide bonds. The van der Waals surface area contributed by atoms with Crippen molar-refractivity contribution in [2.24, 2.45) is 0 Å². The number of fused-ring (bicyclic) bond motifs is 2. The number of hydrogen-bond donors (Lipinski definition) is 1. The number of hydrogen-bond acceptors (Lipinski definition) is 5. The van der Waals surface area contributed by atoms with Crippen LogP contribution < -0.4 is 5.32 Å². The average Bonchev–Trinajstić information content (AvgIpc) is 3.07. The maximum atomic E-state index is 14.9. The molecule has 27 heavy (non-hydrogen) atoms. The van der Waals surface area contributed by atoms with Gasteiger partial charge in [-0.25, -0.2) is 13.9 Å². The van der Waals surface area contributed by atoms with Gasteiger partial charge in [-0.1, -0.05) is 0 Å². The van der Waals surface area contributed by atoms with E-state index in [9.17, 15) is 4.39 Å². The minimum Gasteiger partial charge on any atom is -0.317 e. The molecule has 1 saturated heterocycles. The second-order valence-corrected chi connectivity index (χ2v) is 7.01. The van der Waals surface area contributed by atoms with E-state index in [1.807, 2.05) is 25.3 Å². The normalized spacial score (nSPS) is 15.6. The van der Waals surface area contributed by atoms with Crippen LogP contribution in [0.15, 0.2) is 30.5 Å². The van der Waals surface area contributed by atoms with Gasteiger partial charge in [0, 0.05) is 22.9 Å². The monoisotopic (exact) mass is 361 g/mol. The maximum absolute atomic E-state index is 14.9. The molecule has 4 heterocycles. The third-order valence-electron chi connectivity index (χ3n) is 5.09. The molecular formula is C20H18FN6. The standard InChI is InChI=1S/C20H18FN6/c1-12-11-27-20(23-12)3-2-17(26-27)14-8-16(21)15-10-18(24-25-19(15)9-14)13-4-6-22-7-5-13/h2,8-11,13,22H,4-7H2,1H3. The van der Waals surface area contributed by atoms with Crippen molar-refractivity contribution in [2.45, 2.75) is 25.7 Å². The van der Waals surface area contributed by atoms with Crippen LogP contribution >= 0.6 is 0 Å². The van der Waals surface area contributed by atoms with Crippen LogP contribution in [0, 0.1) is 18.8 Å². The second kappa shape index (κ2) is 6.35. The molecule has 0 aliphatic carbocycles. The average molecular weight is 361 g/mol. The van der Waals surface area contributed by atoms with Gasteiger partial charge in [-0.05, 0) is 57.1 Å². The van der Waals surface area contributed by atoms with Crippen molar-refractivity contribution in [3.63, 3.8) is 0 Å². The predicted octanol–water partition coefficient (Wildman–Crippen LogP) is 3.05. The highest BCUT2D eigenvalue weighted by Gasteiger charge is 2.18. The summed E-state index contributed by atoms with van der Waals surface area (Å²) in [6, 6.07) is 9.98. The van der Waals surface area contributed by atoms with Crippen molar-refractivity contribution in [1.82, 2.24) is 30.1 Å². The lowest BCUT2D eigenvalue weighted by Crippen LogP contribution is -2.27. The molecule has 6 nitrogen and oxygen atoms in total. The number of halogens is 1. The molecule has 1 aliphatic rings. The molecule has 0 unspecified atom stereocenters. The van der Waals surface area contributed by atoms with Crippen LogP contribution in [0.2, 0.25) is 0 Å². The van der Waals surface area contributed by atoms with Crippen molar-refractivity contribution in [3.05, 3.63) is 53.7 Å². The van der Waals surface area contributed by atoms with Gasteiger partial charge in [-0.3, -0.25) is 0 Å². The fourth-order valence-electron chi connectivity index (χ4n) is 3.66. The lowest BCUT2D eigenvalue weighted by Gasteiger charge is -2.21. The maximum Gasteiger partial charge on any atom is 0.161 e. The first-order valence-electron chi connectivity index (χ1n) is 9.10. The Balaban J connectivity index is 1.57. The summed E-state index contributed by atoms with van der Waals surface area (Å²) in [7, 11) is 0. The Labute approximate surface area is 155 Å². The first-order valence-corrected chi connectivity index (χ1v) is 9.10. The number of nitrogens with zero attached hydrogens (tertiary/aromatic N) is 5. The van der Waals surface area contributed by atoms with Gasteiger partial charge < -0.3 is 5.32 Å². The number of imidazole rings is 1. The van der Waals surface area contributed by atoms with Crippen LogP contribution in [-0.4, -0.2) is 37.9 Å². The van der Waals surface area contributed by atoms with Crippen molar-refractivity contribution in [2.75, 3.05) is 13.1 Å². The molecule has 7 heteroatoms. The van der Waals surface area contributed by atoms with Gasteiger partial charge in [0.15, 0.2) is 5.65 Å². The molecular weight excluding hydrogens is 343 g/mol. The van der Waals surface area contributed by atoms with E-state index in [4.69, 9.17) is 0 Å². The molecule has 4 aromatic rings. The highest BCUT2D eigenvalue weighted by atomic mass is 19.1. The third kappa shape index (κ3) is 2.94. The molecule has 1 radical (unpaired) electrons. The summed E-state index contributed by atoms with van der Waals surface area (Å²) in [5.41, 5.74) is 4.17. The van der Waals surface area contributed by atoms with Crippen LogP contribution in [0.1, 0.15) is 30.1 Å². The summed E-state index contributed by atoms with van der Waals surface area (Å²) in [5.74, 6) is 0.0293.